The fourth-order valence-electron chi connectivity index (χ4n) is 3.87. The lowest BCUT2D eigenvalue weighted by atomic mass is 10.1. The monoisotopic (exact) mass is 437 g/mol. The average Bonchev–Trinajstić information content (AvgIpc) is 3.29. The fraction of sp³-hybridized carbons (Fsp3) is 0.174. The van der Waals surface area contributed by atoms with Crippen LogP contribution in [0.2, 0.25) is 5.02 Å². The molecule has 1 N–H and O–H groups in total. The van der Waals surface area contributed by atoms with Crippen molar-refractivity contribution in [2.24, 2.45) is 7.05 Å². The Bertz CT molecular complexity index is 1440. The second kappa shape index (κ2) is 7.42. The van der Waals surface area contributed by atoms with E-state index in [1.165, 1.54) is 6.07 Å². The van der Waals surface area contributed by atoms with Crippen molar-refractivity contribution < 1.29 is 8.78 Å². The number of nitrogens with zero attached hydrogens (tertiary/aromatic N) is 4. The summed E-state index contributed by atoms with van der Waals surface area (Å²) in [5, 5.41) is 5.82. The van der Waals surface area contributed by atoms with Crippen molar-refractivity contribution in [1.29, 1.82) is 0 Å². The molecular formula is C23H18ClF2N5. The molecule has 156 valence electrons. The molecule has 0 aliphatic heterocycles. The molecule has 2 aromatic carbocycles. The van der Waals surface area contributed by atoms with Crippen LogP contribution < -0.4 is 0 Å². The number of fused-ring (bicyclic) bond motifs is 2. The molecule has 0 fully saturated rings. The SMILES string of the molecule is CCCc1nn(C)c2c(-c3c[nH]c4cc(F)c(F)cc34)nc(-c3ccc(Cl)cc3)nc12. The van der Waals surface area contributed by atoms with Gasteiger partial charge in [-0.3, -0.25) is 4.68 Å². The molecule has 0 atom stereocenters. The maximum absolute atomic E-state index is 14.0. The Labute approximate surface area is 181 Å². The van der Waals surface area contributed by atoms with Gasteiger partial charge >= 0.3 is 0 Å². The van der Waals surface area contributed by atoms with Gasteiger partial charge in [-0.1, -0.05) is 24.9 Å². The van der Waals surface area contributed by atoms with Crippen molar-refractivity contribution in [1.82, 2.24) is 24.7 Å². The molecule has 31 heavy (non-hydrogen) atoms. The van der Waals surface area contributed by atoms with Crippen LogP contribution in [0.4, 0.5) is 8.78 Å². The zero-order chi connectivity index (χ0) is 21.7. The minimum Gasteiger partial charge on any atom is -0.360 e. The molecule has 0 aliphatic carbocycles. The lowest BCUT2D eigenvalue weighted by Crippen LogP contribution is -1.98. The van der Waals surface area contributed by atoms with E-state index in [0.29, 0.717) is 33.0 Å². The van der Waals surface area contributed by atoms with Crippen molar-refractivity contribution in [2.45, 2.75) is 19.8 Å². The topological polar surface area (TPSA) is 59.4 Å². The highest BCUT2D eigenvalue weighted by molar-refractivity contribution is 6.30. The van der Waals surface area contributed by atoms with Gasteiger partial charge in [0.2, 0.25) is 0 Å². The normalized spacial score (nSPS) is 11.6. The Morgan fingerprint density at radius 3 is 2.55 bits per heavy atom. The first kappa shape index (κ1) is 19.6. The van der Waals surface area contributed by atoms with Gasteiger partial charge in [0.05, 0.1) is 5.69 Å². The quantitative estimate of drug-likeness (QED) is 0.371. The highest BCUT2D eigenvalue weighted by Crippen LogP contribution is 2.35. The molecule has 0 saturated heterocycles. The summed E-state index contributed by atoms with van der Waals surface area (Å²) in [6.07, 6.45) is 3.39. The first-order valence-corrected chi connectivity index (χ1v) is 10.3. The Morgan fingerprint density at radius 1 is 1.06 bits per heavy atom. The molecule has 0 aliphatic rings. The van der Waals surface area contributed by atoms with Crippen molar-refractivity contribution in [2.75, 3.05) is 0 Å². The van der Waals surface area contributed by atoms with Crippen LogP contribution in [-0.4, -0.2) is 24.7 Å². The zero-order valence-electron chi connectivity index (χ0n) is 16.9. The van der Waals surface area contributed by atoms with Crippen LogP contribution >= 0.6 is 11.6 Å². The number of rotatable bonds is 4. The summed E-state index contributed by atoms with van der Waals surface area (Å²) in [5.41, 5.74) is 4.91. The van der Waals surface area contributed by atoms with Gasteiger partial charge < -0.3 is 4.98 Å². The lowest BCUT2D eigenvalue weighted by molar-refractivity contribution is 0.511. The van der Waals surface area contributed by atoms with E-state index in [0.717, 1.165) is 41.2 Å². The van der Waals surface area contributed by atoms with Crippen LogP contribution in [0.3, 0.4) is 0 Å². The maximum atomic E-state index is 14.0. The van der Waals surface area contributed by atoms with Crippen LogP contribution in [-0.2, 0) is 13.5 Å². The molecule has 5 rings (SSSR count). The molecule has 8 heteroatoms. The van der Waals surface area contributed by atoms with Crippen LogP contribution in [0.25, 0.3) is 44.6 Å². The summed E-state index contributed by atoms with van der Waals surface area (Å²) < 4.78 is 29.5. The van der Waals surface area contributed by atoms with Crippen LogP contribution in [0, 0.1) is 11.6 Å². The summed E-state index contributed by atoms with van der Waals surface area (Å²) in [6, 6.07) is 9.61. The molecule has 3 aromatic heterocycles. The summed E-state index contributed by atoms with van der Waals surface area (Å²) in [6.45, 7) is 2.08. The van der Waals surface area contributed by atoms with Crippen molar-refractivity contribution in [3.8, 4) is 22.6 Å². The number of H-pyrrole nitrogens is 1. The van der Waals surface area contributed by atoms with E-state index >= 15 is 0 Å². The van der Waals surface area contributed by atoms with Gasteiger partial charge in [0.25, 0.3) is 0 Å². The molecule has 0 radical (unpaired) electrons. The fourth-order valence-corrected chi connectivity index (χ4v) is 4.00. The molecule has 0 bridgehead atoms. The van der Waals surface area contributed by atoms with Gasteiger partial charge in [-0.15, -0.1) is 0 Å². The van der Waals surface area contributed by atoms with Gasteiger partial charge in [-0.2, -0.15) is 5.10 Å². The van der Waals surface area contributed by atoms with Gasteiger partial charge in [0.15, 0.2) is 17.5 Å². The molecule has 0 saturated carbocycles. The molecule has 0 spiro atoms. The third kappa shape index (κ3) is 3.25. The number of aromatic amines is 1. The van der Waals surface area contributed by atoms with Crippen molar-refractivity contribution in [3.05, 3.63) is 64.9 Å². The summed E-state index contributed by atoms with van der Waals surface area (Å²) in [5.74, 6) is -1.30. The number of halogens is 3. The summed E-state index contributed by atoms with van der Waals surface area (Å²) in [7, 11) is 1.84. The Kier molecular flexibility index (Phi) is 4.70. The molecule has 3 heterocycles. The number of aromatic nitrogens is 5. The molecule has 5 aromatic rings. The Morgan fingerprint density at radius 2 is 1.81 bits per heavy atom. The maximum Gasteiger partial charge on any atom is 0.160 e. The van der Waals surface area contributed by atoms with Gasteiger partial charge in [-0.05, 0) is 36.8 Å². The smallest absolute Gasteiger partial charge is 0.160 e. The van der Waals surface area contributed by atoms with Crippen LogP contribution in [0.5, 0.6) is 0 Å². The molecule has 5 nitrogen and oxygen atoms in total. The number of nitrogens with one attached hydrogen (secondary N) is 1. The molecule has 0 amide bonds. The van der Waals surface area contributed by atoms with Crippen molar-refractivity contribution >= 4 is 33.5 Å². The van der Waals surface area contributed by atoms with Crippen LogP contribution in [0.1, 0.15) is 19.0 Å². The van der Waals surface area contributed by atoms with Crippen molar-refractivity contribution in [3.63, 3.8) is 0 Å². The molecule has 0 unspecified atom stereocenters. The zero-order valence-corrected chi connectivity index (χ0v) is 17.6. The predicted octanol–water partition coefficient (Wildman–Crippen LogP) is 6.06. The second-order valence-corrected chi connectivity index (χ2v) is 7.87. The standard InChI is InChI=1S/C23H18ClF2N5/c1-3-4-18-21-22(31(2)30-18)20(28-23(29-21)12-5-7-13(24)8-6-12)15-11-27-19-10-17(26)16(25)9-14(15)19/h5-11,27H,3-4H2,1-2H3. The van der Waals surface area contributed by atoms with Gasteiger partial charge in [0, 0.05) is 46.4 Å². The first-order valence-electron chi connectivity index (χ1n) is 9.92. The van der Waals surface area contributed by atoms with E-state index in [1.54, 1.807) is 23.0 Å². The number of hydrogen-bond acceptors (Lipinski definition) is 3. The second-order valence-electron chi connectivity index (χ2n) is 7.43. The minimum absolute atomic E-state index is 0.490. The van der Waals surface area contributed by atoms with E-state index in [9.17, 15) is 8.78 Å². The largest absolute Gasteiger partial charge is 0.360 e. The Hall–Kier alpha value is -3.32. The summed E-state index contributed by atoms with van der Waals surface area (Å²) in [4.78, 5) is 12.7. The average molecular weight is 438 g/mol. The third-order valence-corrected chi connectivity index (χ3v) is 5.57. The summed E-state index contributed by atoms with van der Waals surface area (Å²) >= 11 is 6.04. The van der Waals surface area contributed by atoms with E-state index in [1.807, 2.05) is 19.2 Å². The van der Waals surface area contributed by atoms with E-state index in [4.69, 9.17) is 21.6 Å². The highest BCUT2D eigenvalue weighted by Gasteiger charge is 2.21. The lowest BCUT2D eigenvalue weighted by Gasteiger charge is -2.08. The number of hydrogen-bond donors (Lipinski definition) is 1. The highest BCUT2D eigenvalue weighted by atomic mass is 35.5. The van der Waals surface area contributed by atoms with E-state index in [-0.39, 0.29) is 0 Å². The van der Waals surface area contributed by atoms with Crippen LogP contribution in [0.15, 0.2) is 42.6 Å². The molecular weight excluding hydrogens is 420 g/mol. The minimum atomic E-state index is -0.909. The first-order chi connectivity index (χ1) is 15.0. The van der Waals surface area contributed by atoms with E-state index in [2.05, 4.69) is 17.0 Å². The van der Waals surface area contributed by atoms with Gasteiger partial charge in [0.1, 0.15) is 16.7 Å². The third-order valence-electron chi connectivity index (χ3n) is 5.32. The van der Waals surface area contributed by atoms with E-state index < -0.39 is 11.6 Å². The predicted molar refractivity (Wildman–Crippen MR) is 118 cm³/mol. The number of benzene rings is 2. The Balaban J connectivity index is 1.84. The number of aryl methyl sites for hydroxylation is 2. The van der Waals surface area contributed by atoms with Gasteiger partial charge in [-0.25, -0.2) is 18.7 Å².